The summed E-state index contributed by atoms with van der Waals surface area (Å²) in [6.07, 6.45) is -3.48. The van der Waals surface area contributed by atoms with E-state index >= 15 is 0 Å². The van der Waals surface area contributed by atoms with Crippen molar-refractivity contribution >= 4 is 16.6 Å². The minimum Gasteiger partial charge on any atom is -0.422 e. The van der Waals surface area contributed by atoms with Crippen LogP contribution in [0.1, 0.15) is 11.3 Å². The Balaban J connectivity index is 1.97. The monoisotopic (exact) mass is 344 g/mol. The van der Waals surface area contributed by atoms with E-state index in [1.165, 1.54) is 10.5 Å². The van der Waals surface area contributed by atoms with Crippen LogP contribution in [0.25, 0.3) is 27.9 Å². The molecule has 0 N–H and O–H groups in total. The first-order valence-corrected chi connectivity index (χ1v) is 7.44. The van der Waals surface area contributed by atoms with Crippen LogP contribution in [0.5, 0.6) is 0 Å². The molecule has 0 aliphatic rings. The van der Waals surface area contributed by atoms with Crippen molar-refractivity contribution in [1.82, 2.24) is 9.38 Å². The van der Waals surface area contributed by atoms with E-state index in [0.717, 1.165) is 12.3 Å². The molecular formula is C18H11F3N2O2. The average Bonchev–Trinajstić information content (AvgIpc) is 2.90. The number of benzene rings is 1. The molecule has 25 heavy (non-hydrogen) atoms. The summed E-state index contributed by atoms with van der Waals surface area (Å²) < 4.78 is 45.4. The number of pyridine rings is 1. The Morgan fingerprint density at radius 3 is 2.64 bits per heavy atom. The predicted molar refractivity (Wildman–Crippen MR) is 86.4 cm³/mol. The topological polar surface area (TPSA) is 47.5 Å². The number of imidazole rings is 1. The van der Waals surface area contributed by atoms with Crippen LogP contribution < -0.4 is 5.63 Å². The van der Waals surface area contributed by atoms with Gasteiger partial charge in [-0.15, -0.1) is 0 Å². The van der Waals surface area contributed by atoms with Gasteiger partial charge in [-0.1, -0.05) is 18.2 Å². The molecular weight excluding hydrogens is 333 g/mol. The molecule has 4 nitrogen and oxygen atoms in total. The van der Waals surface area contributed by atoms with Crippen molar-refractivity contribution in [2.24, 2.45) is 0 Å². The third-order valence-electron chi connectivity index (χ3n) is 4.08. The highest BCUT2D eigenvalue weighted by Gasteiger charge is 2.31. The van der Waals surface area contributed by atoms with Crippen molar-refractivity contribution < 1.29 is 17.6 Å². The lowest BCUT2D eigenvalue weighted by molar-refractivity contribution is -0.137. The van der Waals surface area contributed by atoms with Crippen molar-refractivity contribution in [3.63, 3.8) is 0 Å². The summed E-state index contributed by atoms with van der Waals surface area (Å²) in [5.41, 5.74) is 0.361. The van der Waals surface area contributed by atoms with Crippen molar-refractivity contribution in [1.29, 1.82) is 0 Å². The molecule has 0 aliphatic heterocycles. The van der Waals surface area contributed by atoms with Gasteiger partial charge in [-0.2, -0.15) is 13.2 Å². The zero-order valence-corrected chi connectivity index (χ0v) is 13.0. The summed E-state index contributed by atoms with van der Waals surface area (Å²) >= 11 is 0. The molecule has 0 saturated heterocycles. The second kappa shape index (κ2) is 5.20. The van der Waals surface area contributed by atoms with Gasteiger partial charge < -0.3 is 8.82 Å². The normalized spacial score (nSPS) is 12.2. The summed E-state index contributed by atoms with van der Waals surface area (Å²) in [6, 6.07) is 10.9. The van der Waals surface area contributed by atoms with E-state index < -0.39 is 17.4 Å². The maximum atomic E-state index is 12.9. The summed E-state index contributed by atoms with van der Waals surface area (Å²) in [4.78, 5) is 16.6. The van der Waals surface area contributed by atoms with E-state index in [2.05, 4.69) is 4.98 Å². The molecule has 4 aromatic rings. The number of hydrogen-bond acceptors (Lipinski definition) is 3. The van der Waals surface area contributed by atoms with Gasteiger partial charge in [0.1, 0.15) is 11.2 Å². The first-order valence-electron chi connectivity index (χ1n) is 7.44. The zero-order valence-electron chi connectivity index (χ0n) is 13.0. The van der Waals surface area contributed by atoms with Gasteiger partial charge in [0, 0.05) is 17.3 Å². The van der Waals surface area contributed by atoms with Gasteiger partial charge >= 0.3 is 11.8 Å². The molecule has 0 aliphatic carbocycles. The van der Waals surface area contributed by atoms with E-state index in [4.69, 9.17) is 4.42 Å². The van der Waals surface area contributed by atoms with Crippen LogP contribution in [-0.2, 0) is 6.18 Å². The fourth-order valence-electron chi connectivity index (χ4n) is 2.81. The molecule has 1 aromatic carbocycles. The van der Waals surface area contributed by atoms with E-state index in [1.54, 1.807) is 37.3 Å². The number of alkyl halides is 3. The predicted octanol–water partition coefficient (Wildman–Crippen LogP) is 4.43. The number of aryl methyl sites for hydroxylation is 1. The van der Waals surface area contributed by atoms with Gasteiger partial charge in [-0.25, -0.2) is 9.78 Å². The fourth-order valence-corrected chi connectivity index (χ4v) is 2.81. The quantitative estimate of drug-likeness (QED) is 0.480. The highest BCUT2D eigenvalue weighted by Crippen LogP contribution is 2.31. The number of para-hydroxylation sites is 1. The molecule has 0 spiro atoms. The molecule has 4 rings (SSSR count). The van der Waals surface area contributed by atoms with Crippen LogP contribution in [0.15, 0.2) is 57.9 Å². The van der Waals surface area contributed by atoms with Crippen LogP contribution in [0.4, 0.5) is 13.2 Å². The van der Waals surface area contributed by atoms with Crippen LogP contribution in [0.3, 0.4) is 0 Å². The SMILES string of the molecule is Cc1c(-c2cc3ccccc3oc2=O)nc2ccc(C(F)(F)F)cn12. The molecule has 3 heterocycles. The minimum atomic E-state index is -4.45. The van der Waals surface area contributed by atoms with Crippen molar-refractivity contribution in [2.45, 2.75) is 13.1 Å². The summed E-state index contributed by atoms with van der Waals surface area (Å²) in [6.45, 7) is 1.62. The first kappa shape index (κ1) is 15.4. The number of rotatable bonds is 1. The van der Waals surface area contributed by atoms with Crippen LogP contribution in [0.2, 0.25) is 0 Å². The molecule has 0 unspecified atom stereocenters. The number of hydrogen-bond donors (Lipinski definition) is 0. The number of halogens is 3. The lowest BCUT2D eigenvalue weighted by Crippen LogP contribution is -2.06. The third-order valence-corrected chi connectivity index (χ3v) is 4.08. The molecule has 7 heteroatoms. The van der Waals surface area contributed by atoms with Gasteiger partial charge in [-0.3, -0.25) is 0 Å². The van der Waals surface area contributed by atoms with E-state index in [1.807, 2.05) is 0 Å². The molecule has 0 atom stereocenters. The first-order chi connectivity index (χ1) is 11.8. The second-order valence-corrected chi connectivity index (χ2v) is 5.67. The Morgan fingerprint density at radius 2 is 1.88 bits per heavy atom. The van der Waals surface area contributed by atoms with E-state index in [0.29, 0.717) is 28.0 Å². The van der Waals surface area contributed by atoms with Crippen molar-refractivity contribution in [3.05, 3.63) is 70.3 Å². The molecule has 0 amide bonds. The third kappa shape index (κ3) is 2.48. The van der Waals surface area contributed by atoms with Crippen LogP contribution >= 0.6 is 0 Å². The van der Waals surface area contributed by atoms with Gasteiger partial charge in [0.2, 0.25) is 0 Å². The van der Waals surface area contributed by atoms with Crippen LogP contribution in [0, 0.1) is 6.92 Å². The maximum absolute atomic E-state index is 12.9. The zero-order chi connectivity index (χ0) is 17.8. The Bertz CT molecular complexity index is 1170. The summed E-state index contributed by atoms with van der Waals surface area (Å²) in [5, 5.41) is 0.713. The van der Waals surface area contributed by atoms with Crippen LogP contribution in [-0.4, -0.2) is 9.38 Å². The summed E-state index contributed by atoms with van der Waals surface area (Å²) in [5.74, 6) is 0. The average molecular weight is 344 g/mol. The van der Waals surface area contributed by atoms with Gasteiger partial charge in [0.25, 0.3) is 0 Å². The smallest absolute Gasteiger partial charge is 0.417 e. The summed E-state index contributed by atoms with van der Waals surface area (Å²) in [7, 11) is 0. The Kier molecular flexibility index (Phi) is 3.21. The standard InChI is InChI=1S/C18H11F3N2O2/c1-10-16(13-8-11-4-2-3-5-14(11)25-17(13)24)22-15-7-6-12(9-23(10)15)18(19,20)21/h2-9H,1H3. The molecule has 0 fully saturated rings. The lowest BCUT2D eigenvalue weighted by atomic mass is 10.1. The van der Waals surface area contributed by atoms with Gasteiger partial charge in [-0.05, 0) is 31.2 Å². The molecule has 0 radical (unpaired) electrons. The number of nitrogens with zero attached hydrogens (tertiary/aromatic N) is 2. The minimum absolute atomic E-state index is 0.216. The highest BCUT2D eigenvalue weighted by atomic mass is 19.4. The van der Waals surface area contributed by atoms with Gasteiger partial charge in [0.05, 0.1) is 16.8 Å². The second-order valence-electron chi connectivity index (χ2n) is 5.67. The Labute approximate surface area is 139 Å². The maximum Gasteiger partial charge on any atom is 0.417 e. The lowest BCUT2D eigenvalue weighted by Gasteiger charge is -2.07. The number of aromatic nitrogens is 2. The number of fused-ring (bicyclic) bond motifs is 2. The Morgan fingerprint density at radius 1 is 1.12 bits per heavy atom. The molecule has 0 saturated carbocycles. The van der Waals surface area contributed by atoms with Gasteiger partial charge in [0.15, 0.2) is 0 Å². The van der Waals surface area contributed by atoms with Crippen molar-refractivity contribution in [2.75, 3.05) is 0 Å². The highest BCUT2D eigenvalue weighted by molar-refractivity contribution is 5.81. The van der Waals surface area contributed by atoms with Crippen molar-refractivity contribution in [3.8, 4) is 11.3 Å². The molecule has 3 aromatic heterocycles. The Hall–Kier alpha value is -3.09. The largest absolute Gasteiger partial charge is 0.422 e. The molecule has 126 valence electrons. The molecule has 0 bridgehead atoms. The fraction of sp³-hybridized carbons (Fsp3) is 0.111. The van der Waals surface area contributed by atoms with E-state index in [-0.39, 0.29) is 5.56 Å². The van der Waals surface area contributed by atoms with E-state index in [9.17, 15) is 18.0 Å².